The zero-order valence-corrected chi connectivity index (χ0v) is 13.7. The molecule has 1 atom stereocenters. The van der Waals surface area contributed by atoms with Gasteiger partial charge in [0.1, 0.15) is 0 Å². The summed E-state index contributed by atoms with van der Waals surface area (Å²) in [5.41, 5.74) is 0. The molecule has 0 amide bonds. The Balaban J connectivity index is 2.53. The number of guanidine groups is 1. The minimum absolute atomic E-state index is 0.588. The van der Waals surface area contributed by atoms with Crippen LogP contribution in [0.3, 0.4) is 0 Å². The molecule has 1 aliphatic carbocycles. The summed E-state index contributed by atoms with van der Waals surface area (Å²) in [6, 6.07) is 0.588. The number of unbranched alkanes of at least 4 members (excludes halogenated alkanes) is 1. The monoisotopic (exact) mass is 280 g/mol. The van der Waals surface area contributed by atoms with Crippen molar-refractivity contribution < 1.29 is 0 Å². The van der Waals surface area contributed by atoms with Crippen LogP contribution in [-0.2, 0) is 0 Å². The lowest BCUT2D eigenvalue weighted by Gasteiger charge is -2.25. The average Bonchev–Trinajstić information content (AvgIpc) is 3.22. The molecule has 1 N–H and O–H groups in total. The van der Waals surface area contributed by atoms with Gasteiger partial charge in [0, 0.05) is 26.2 Å². The van der Waals surface area contributed by atoms with E-state index in [1.54, 1.807) is 0 Å². The molecule has 4 heteroatoms. The zero-order valence-electron chi connectivity index (χ0n) is 13.7. The first-order valence-corrected chi connectivity index (χ1v) is 7.86. The van der Waals surface area contributed by atoms with E-state index >= 15 is 0 Å². The van der Waals surface area contributed by atoms with Crippen molar-refractivity contribution in [3.63, 3.8) is 0 Å². The second-order valence-corrected chi connectivity index (χ2v) is 5.92. The average molecular weight is 280 g/mol. The first kappa shape index (κ1) is 17.0. The first-order chi connectivity index (χ1) is 9.60. The van der Waals surface area contributed by atoms with E-state index in [1.807, 2.05) is 6.08 Å². The van der Waals surface area contributed by atoms with Gasteiger partial charge in [-0.05, 0) is 52.6 Å². The van der Waals surface area contributed by atoms with Gasteiger partial charge in [-0.2, -0.15) is 0 Å². The van der Waals surface area contributed by atoms with E-state index in [0.29, 0.717) is 6.04 Å². The molecule has 0 saturated heterocycles. The fourth-order valence-electron chi connectivity index (χ4n) is 2.44. The number of hydrogen-bond acceptors (Lipinski definition) is 2. The Bertz CT molecular complexity index is 306. The molecule has 0 bridgehead atoms. The van der Waals surface area contributed by atoms with Crippen LogP contribution in [0.5, 0.6) is 0 Å². The highest BCUT2D eigenvalue weighted by Crippen LogP contribution is 2.34. The predicted molar refractivity (Wildman–Crippen MR) is 88.2 cm³/mol. The third-order valence-electron chi connectivity index (χ3n) is 3.86. The maximum atomic E-state index is 4.84. The molecule has 0 heterocycles. The minimum atomic E-state index is 0.588. The summed E-state index contributed by atoms with van der Waals surface area (Å²) in [6.07, 6.45) is 6.90. The number of aliphatic imine (C=N–C) groups is 1. The summed E-state index contributed by atoms with van der Waals surface area (Å²) in [5.74, 6) is 1.88. The second kappa shape index (κ2) is 9.01. The lowest BCUT2D eigenvalue weighted by atomic mass is 10.2. The third-order valence-corrected chi connectivity index (χ3v) is 3.86. The number of nitrogens with one attached hydrogen (secondary N) is 1. The van der Waals surface area contributed by atoms with Gasteiger partial charge < -0.3 is 15.1 Å². The normalized spacial score (nSPS) is 17.1. The fourth-order valence-corrected chi connectivity index (χ4v) is 2.44. The molecule has 1 unspecified atom stereocenters. The van der Waals surface area contributed by atoms with Crippen LogP contribution < -0.4 is 5.32 Å². The highest BCUT2D eigenvalue weighted by Gasteiger charge is 2.32. The van der Waals surface area contributed by atoms with Gasteiger partial charge in [0.15, 0.2) is 5.96 Å². The fraction of sp³-hybridized carbons (Fsp3) is 0.812. The molecular formula is C16H32N4. The standard InChI is InChI=1S/C16H32N4/c1-6-8-9-12-20(5)16(17-7-2)18-13-15(19(3)4)14-10-11-14/h6,14-15H,1,7-13H2,2-5H3,(H,17,18). The molecule has 1 fully saturated rings. The molecule has 0 aliphatic heterocycles. The molecule has 0 aromatic rings. The molecule has 1 aliphatic rings. The van der Waals surface area contributed by atoms with Crippen LogP contribution in [0.2, 0.25) is 0 Å². The van der Waals surface area contributed by atoms with Gasteiger partial charge >= 0.3 is 0 Å². The van der Waals surface area contributed by atoms with E-state index in [0.717, 1.165) is 44.4 Å². The van der Waals surface area contributed by atoms with E-state index in [1.165, 1.54) is 12.8 Å². The second-order valence-electron chi connectivity index (χ2n) is 5.92. The van der Waals surface area contributed by atoms with Crippen molar-refractivity contribution in [2.24, 2.45) is 10.9 Å². The summed E-state index contributed by atoms with van der Waals surface area (Å²) in [6.45, 7) is 8.73. The summed E-state index contributed by atoms with van der Waals surface area (Å²) in [5, 5.41) is 3.39. The smallest absolute Gasteiger partial charge is 0.193 e. The quantitative estimate of drug-likeness (QED) is 0.304. The SMILES string of the molecule is C=CCCCN(C)C(=NCC(C1CC1)N(C)C)NCC. The van der Waals surface area contributed by atoms with Crippen molar-refractivity contribution in [2.75, 3.05) is 40.8 Å². The molecular weight excluding hydrogens is 248 g/mol. The Morgan fingerprint density at radius 1 is 1.40 bits per heavy atom. The number of rotatable bonds is 9. The van der Waals surface area contributed by atoms with Crippen LogP contribution in [0.15, 0.2) is 17.6 Å². The summed E-state index contributed by atoms with van der Waals surface area (Å²) < 4.78 is 0. The van der Waals surface area contributed by atoms with Crippen molar-refractivity contribution in [2.45, 2.75) is 38.6 Å². The van der Waals surface area contributed by atoms with E-state index < -0.39 is 0 Å². The van der Waals surface area contributed by atoms with Crippen molar-refractivity contribution >= 4 is 5.96 Å². The topological polar surface area (TPSA) is 30.9 Å². The molecule has 0 radical (unpaired) electrons. The Hall–Kier alpha value is -1.03. The van der Waals surface area contributed by atoms with Gasteiger partial charge in [0.25, 0.3) is 0 Å². The Kier molecular flexibility index (Phi) is 7.67. The molecule has 1 rings (SSSR count). The molecule has 1 saturated carbocycles. The van der Waals surface area contributed by atoms with E-state index in [2.05, 4.69) is 49.8 Å². The van der Waals surface area contributed by atoms with Crippen LogP contribution >= 0.6 is 0 Å². The molecule has 4 nitrogen and oxygen atoms in total. The van der Waals surface area contributed by atoms with E-state index in [4.69, 9.17) is 4.99 Å². The molecule has 20 heavy (non-hydrogen) atoms. The summed E-state index contributed by atoms with van der Waals surface area (Å²) >= 11 is 0. The van der Waals surface area contributed by atoms with E-state index in [-0.39, 0.29) is 0 Å². The lowest BCUT2D eigenvalue weighted by Crippen LogP contribution is -2.41. The van der Waals surface area contributed by atoms with Crippen molar-refractivity contribution in [1.82, 2.24) is 15.1 Å². The maximum absolute atomic E-state index is 4.84. The molecule has 0 spiro atoms. The zero-order chi connectivity index (χ0) is 15.0. The largest absolute Gasteiger partial charge is 0.357 e. The van der Waals surface area contributed by atoms with Gasteiger partial charge in [0.2, 0.25) is 0 Å². The highest BCUT2D eigenvalue weighted by molar-refractivity contribution is 5.79. The van der Waals surface area contributed by atoms with Gasteiger partial charge in [-0.25, -0.2) is 0 Å². The molecule has 0 aromatic carbocycles. The van der Waals surface area contributed by atoms with Crippen LogP contribution in [-0.4, -0.2) is 62.6 Å². The minimum Gasteiger partial charge on any atom is -0.357 e. The highest BCUT2D eigenvalue weighted by atomic mass is 15.3. The van der Waals surface area contributed by atoms with Crippen LogP contribution in [0.4, 0.5) is 0 Å². The predicted octanol–water partition coefficient (Wildman–Crippen LogP) is 2.19. The van der Waals surface area contributed by atoms with Crippen LogP contribution in [0, 0.1) is 5.92 Å². The van der Waals surface area contributed by atoms with Gasteiger partial charge in [-0.15, -0.1) is 6.58 Å². The lowest BCUT2D eigenvalue weighted by molar-refractivity contribution is 0.270. The summed E-state index contributed by atoms with van der Waals surface area (Å²) in [7, 11) is 6.45. The first-order valence-electron chi connectivity index (χ1n) is 7.86. The number of nitrogens with zero attached hydrogens (tertiary/aromatic N) is 3. The van der Waals surface area contributed by atoms with Gasteiger partial charge in [-0.3, -0.25) is 4.99 Å². The number of likely N-dealkylation sites (N-methyl/N-ethyl adjacent to an activating group) is 1. The Labute approximate surface area is 124 Å². The van der Waals surface area contributed by atoms with Crippen LogP contribution in [0.25, 0.3) is 0 Å². The van der Waals surface area contributed by atoms with Crippen molar-refractivity contribution in [3.8, 4) is 0 Å². The molecule has 116 valence electrons. The number of hydrogen-bond donors (Lipinski definition) is 1. The Morgan fingerprint density at radius 2 is 2.10 bits per heavy atom. The number of allylic oxidation sites excluding steroid dienone is 1. The molecule has 0 aromatic heterocycles. The van der Waals surface area contributed by atoms with Crippen LogP contribution in [0.1, 0.15) is 32.6 Å². The van der Waals surface area contributed by atoms with Gasteiger partial charge in [0.05, 0.1) is 6.54 Å². The summed E-state index contributed by atoms with van der Waals surface area (Å²) in [4.78, 5) is 9.39. The van der Waals surface area contributed by atoms with Crippen molar-refractivity contribution in [1.29, 1.82) is 0 Å². The Morgan fingerprint density at radius 3 is 2.60 bits per heavy atom. The van der Waals surface area contributed by atoms with E-state index in [9.17, 15) is 0 Å². The third kappa shape index (κ3) is 5.95. The maximum Gasteiger partial charge on any atom is 0.193 e. The van der Waals surface area contributed by atoms with Crippen molar-refractivity contribution in [3.05, 3.63) is 12.7 Å². The van der Waals surface area contributed by atoms with Gasteiger partial charge in [-0.1, -0.05) is 6.08 Å².